The summed E-state index contributed by atoms with van der Waals surface area (Å²) in [6, 6.07) is 2.48. The van der Waals surface area contributed by atoms with E-state index in [0.717, 1.165) is 74.2 Å². The Labute approximate surface area is 167 Å². The molecule has 1 saturated heterocycles. The summed E-state index contributed by atoms with van der Waals surface area (Å²) >= 11 is 0. The van der Waals surface area contributed by atoms with Gasteiger partial charge in [-0.2, -0.15) is 0 Å². The predicted molar refractivity (Wildman–Crippen MR) is 111 cm³/mol. The van der Waals surface area contributed by atoms with E-state index >= 15 is 0 Å². The van der Waals surface area contributed by atoms with E-state index in [9.17, 15) is 4.79 Å². The van der Waals surface area contributed by atoms with Crippen molar-refractivity contribution in [3.63, 3.8) is 0 Å². The molecule has 1 saturated carbocycles. The van der Waals surface area contributed by atoms with Gasteiger partial charge in [0, 0.05) is 19.1 Å². The van der Waals surface area contributed by atoms with Crippen molar-refractivity contribution in [2.75, 3.05) is 18.0 Å². The van der Waals surface area contributed by atoms with Crippen LogP contribution in [0.2, 0.25) is 0 Å². The van der Waals surface area contributed by atoms with Crippen molar-refractivity contribution in [2.24, 2.45) is 5.92 Å². The minimum Gasteiger partial charge on any atom is -0.369 e. The number of nitrogens with one attached hydrogen (secondary N) is 1. The number of amides is 1. The van der Waals surface area contributed by atoms with E-state index in [2.05, 4.69) is 35.1 Å². The number of anilines is 1. The summed E-state index contributed by atoms with van der Waals surface area (Å²) in [6.45, 7) is 5.94. The molecule has 1 aliphatic heterocycles. The molecule has 1 N–H and O–H groups in total. The second-order valence-electron chi connectivity index (χ2n) is 8.14. The summed E-state index contributed by atoms with van der Waals surface area (Å²) in [5, 5.41) is 3.27. The molecule has 6 heteroatoms. The molecule has 2 aromatic rings. The Hall–Kier alpha value is -2.24. The zero-order valence-corrected chi connectivity index (χ0v) is 17.1. The predicted octanol–water partition coefficient (Wildman–Crippen LogP) is 3.42. The summed E-state index contributed by atoms with van der Waals surface area (Å²) in [6.07, 6.45) is 10.4. The summed E-state index contributed by atoms with van der Waals surface area (Å²) in [7, 11) is 0. The number of aromatic nitrogens is 3. The van der Waals surface area contributed by atoms with Crippen molar-refractivity contribution in [1.82, 2.24) is 20.3 Å². The van der Waals surface area contributed by atoms with Gasteiger partial charge in [0.25, 0.3) is 0 Å². The minimum atomic E-state index is 0.0600. The number of carbonyl (C=O) groups excluding carboxylic acids is 1. The molecule has 1 aliphatic carbocycles. The maximum absolute atomic E-state index is 12.7. The highest BCUT2D eigenvalue weighted by Crippen LogP contribution is 2.26. The van der Waals surface area contributed by atoms with E-state index in [1.807, 2.05) is 6.20 Å². The smallest absolute Gasteiger partial charge is 0.225 e. The fraction of sp³-hybridized carbons (Fsp3) is 0.636. The van der Waals surface area contributed by atoms with Crippen LogP contribution in [0.5, 0.6) is 0 Å². The van der Waals surface area contributed by atoms with Crippen LogP contribution < -0.4 is 10.2 Å². The molecule has 2 fully saturated rings. The summed E-state index contributed by atoms with van der Waals surface area (Å²) < 4.78 is 0. The molecule has 1 amide bonds. The fourth-order valence-corrected chi connectivity index (χ4v) is 4.56. The van der Waals surface area contributed by atoms with Crippen LogP contribution in [0, 0.1) is 5.92 Å². The number of hydrogen-bond donors (Lipinski definition) is 1. The Bertz CT molecular complexity index is 846. The SMILES string of the molecule is CCc1nc2cc(N3CCCC(C(=O)NC4CCCC4)C3)cnc2nc1CC. The van der Waals surface area contributed by atoms with Crippen LogP contribution in [0.1, 0.15) is 63.8 Å². The second kappa shape index (κ2) is 8.41. The quantitative estimate of drug-likeness (QED) is 0.859. The van der Waals surface area contributed by atoms with E-state index in [1.54, 1.807) is 0 Å². The topological polar surface area (TPSA) is 71.0 Å². The lowest BCUT2D eigenvalue weighted by Crippen LogP contribution is -2.45. The number of nitrogens with zero attached hydrogens (tertiary/aromatic N) is 4. The van der Waals surface area contributed by atoms with Crippen molar-refractivity contribution >= 4 is 22.8 Å². The van der Waals surface area contributed by atoms with E-state index in [1.165, 1.54) is 12.8 Å². The van der Waals surface area contributed by atoms with Crippen LogP contribution in [-0.2, 0) is 17.6 Å². The highest BCUT2D eigenvalue weighted by Gasteiger charge is 2.28. The lowest BCUT2D eigenvalue weighted by Gasteiger charge is -2.34. The molecule has 2 aliphatic rings. The van der Waals surface area contributed by atoms with Gasteiger partial charge in [-0.05, 0) is 44.6 Å². The Morgan fingerprint density at radius 3 is 2.61 bits per heavy atom. The molecule has 0 aromatic carbocycles. The Morgan fingerprint density at radius 2 is 1.86 bits per heavy atom. The first-order chi connectivity index (χ1) is 13.7. The van der Waals surface area contributed by atoms with Gasteiger partial charge in [0.1, 0.15) is 5.52 Å². The maximum atomic E-state index is 12.7. The monoisotopic (exact) mass is 381 g/mol. The van der Waals surface area contributed by atoms with Gasteiger partial charge in [-0.1, -0.05) is 26.7 Å². The van der Waals surface area contributed by atoms with Gasteiger partial charge in [-0.3, -0.25) is 4.79 Å². The van der Waals surface area contributed by atoms with Gasteiger partial charge in [-0.25, -0.2) is 15.0 Å². The van der Waals surface area contributed by atoms with Crippen molar-refractivity contribution in [1.29, 1.82) is 0 Å². The molecule has 0 radical (unpaired) electrons. The summed E-state index contributed by atoms with van der Waals surface area (Å²) in [4.78, 5) is 29.1. The number of fused-ring (bicyclic) bond motifs is 1. The van der Waals surface area contributed by atoms with E-state index in [-0.39, 0.29) is 11.8 Å². The van der Waals surface area contributed by atoms with Gasteiger partial charge >= 0.3 is 0 Å². The van der Waals surface area contributed by atoms with Gasteiger partial charge in [0.2, 0.25) is 5.91 Å². The molecular formula is C22H31N5O. The van der Waals surface area contributed by atoms with E-state index in [0.29, 0.717) is 11.7 Å². The molecule has 0 spiro atoms. The van der Waals surface area contributed by atoms with Crippen molar-refractivity contribution in [2.45, 2.75) is 71.3 Å². The molecule has 4 rings (SSSR count). The third-order valence-corrected chi connectivity index (χ3v) is 6.19. The summed E-state index contributed by atoms with van der Waals surface area (Å²) in [5.41, 5.74) is 4.71. The van der Waals surface area contributed by atoms with Crippen LogP contribution in [-0.4, -0.2) is 40.0 Å². The first-order valence-electron chi connectivity index (χ1n) is 10.9. The highest BCUT2D eigenvalue weighted by molar-refractivity contribution is 5.80. The van der Waals surface area contributed by atoms with Gasteiger partial charge in [0.15, 0.2) is 5.65 Å². The fourth-order valence-electron chi connectivity index (χ4n) is 4.56. The molecule has 3 heterocycles. The number of piperidine rings is 1. The molecule has 1 unspecified atom stereocenters. The third-order valence-electron chi connectivity index (χ3n) is 6.19. The Kier molecular flexibility index (Phi) is 5.74. The van der Waals surface area contributed by atoms with Crippen molar-refractivity contribution in [3.05, 3.63) is 23.7 Å². The third kappa shape index (κ3) is 3.96. The zero-order valence-electron chi connectivity index (χ0n) is 17.1. The van der Waals surface area contributed by atoms with Crippen LogP contribution in [0.15, 0.2) is 12.3 Å². The van der Waals surface area contributed by atoms with Crippen LogP contribution in [0.3, 0.4) is 0 Å². The first kappa shape index (κ1) is 19.1. The molecule has 0 bridgehead atoms. The second-order valence-corrected chi connectivity index (χ2v) is 8.14. The number of hydrogen-bond acceptors (Lipinski definition) is 5. The van der Waals surface area contributed by atoms with E-state index in [4.69, 9.17) is 9.97 Å². The lowest BCUT2D eigenvalue weighted by molar-refractivity contribution is -0.125. The van der Waals surface area contributed by atoms with Gasteiger partial charge < -0.3 is 10.2 Å². The number of carbonyl (C=O) groups is 1. The molecule has 1 atom stereocenters. The highest BCUT2D eigenvalue weighted by atomic mass is 16.2. The Morgan fingerprint density at radius 1 is 1.11 bits per heavy atom. The molecule has 2 aromatic heterocycles. The van der Waals surface area contributed by atoms with E-state index < -0.39 is 0 Å². The van der Waals surface area contributed by atoms with Crippen molar-refractivity contribution < 1.29 is 4.79 Å². The largest absolute Gasteiger partial charge is 0.369 e. The lowest BCUT2D eigenvalue weighted by atomic mass is 9.96. The minimum absolute atomic E-state index is 0.0600. The number of rotatable bonds is 5. The standard InChI is InChI=1S/C22H31N5O/c1-3-18-19(4-2)26-21-20(25-18)12-17(13-23-21)27-11-7-8-15(14-27)22(28)24-16-9-5-6-10-16/h12-13,15-16H,3-11,14H2,1-2H3,(H,24,28). The van der Waals surface area contributed by atoms with Gasteiger partial charge in [0.05, 0.1) is 29.2 Å². The van der Waals surface area contributed by atoms with Crippen LogP contribution in [0.25, 0.3) is 11.2 Å². The molecule has 28 heavy (non-hydrogen) atoms. The van der Waals surface area contributed by atoms with Crippen molar-refractivity contribution in [3.8, 4) is 0 Å². The zero-order chi connectivity index (χ0) is 19.5. The molecular weight excluding hydrogens is 350 g/mol. The van der Waals surface area contributed by atoms with Gasteiger partial charge in [-0.15, -0.1) is 0 Å². The average molecular weight is 382 g/mol. The number of pyridine rings is 1. The number of aryl methyl sites for hydroxylation is 2. The average Bonchev–Trinajstić information content (AvgIpc) is 3.25. The maximum Gasteiger partial charge on any atom is 0.225 e. The van der Waals surface area contributed by atoms with Crippen LogP contribution >= 0.6 is 0 Å². The molecule has 6 nitrogen and oxygen atoms in total. The normalized spacial score (nSPS) is 20.6. The summed E-state index contributed by atoms with van der Waals surface area (Å²) in [5.74, 6) is 0.288. The van der Waals surface area contributed by atoms with Crippen LogP contribution in [0.4, 0.5) is 5.69 Å². The molecule has 150 valence electrons. The first-order valence-corrected chi connectivity index (χ1v) is 10.9. The Balaban J connectivity index is 1.51.